The van der Waals surface area contributed by atoms with E-state index in [0.717, 1.165) is 7.05 Å². The number of carbonyl (C=O) groups excluding carboxylic acids is 1. The predicted octanol–water partition coefficient (Wildman–Crippen LogP) is 3.44. The molecule has 0 spiro atoms. The molecule has 35 heavy (non-hydrogen) atoms. The van der Waals surface area contributed by atoms with Gasteiger partial charge in [0.2, 0.25) is 0 Å². The Balaban J connectivity index is 2.09. The van der Waals surface area contributed by atoms with Crippen molar-refractivity contribution in [3.63, 3.8) is 0 Å². The van der Waals surface area contributed by atoms with E-state index in [1.165, 1.54) is 38.3 Å². The highest BCUT2D eigenvalue weighted by molar-refractivity contribution is 7.27. The van der Waals surface area contributed by atoms with E-state index in [-0.39, 0.29) is 33.3 Å². The summed E-state index contributed by atoms with van der Waals surface area (Å²) in [6, 6.07) is 9.24. The maximum absolute atomic E-state index is 13.2. The standard InChI is InChI=1S/C22H19ClF3N2O6P/c1-11(20(30)32-3)33-14-6-4-5-7-15(14)34-16-9-13(17(35)8-12(16)23)28-19(29)10-18(22(24,25)26)27(2)21(28)31/h4-11H,35H2,1-3H3. The molecule has 8 nitrogen and oxygen atoms in total. The zero-order chi connectivity index (χ0) is 26.1. The van der Waals surface area contributed by atoms with E-state index in [1.807, 2.05) is 0 Å². The lowest BCUT2D eigenvalue weighted by Crippen LogP contribution is -2.41. The van der Waals surface area contributed by atoms with Crippen molar-refractivity contribution in [3.8, 4) is 22.9 Å². The molecule has 0 amide bonds. The Labute approximate surface area is 204 Å². The lowest BCUT2D eigenvalue weighted by atomic mass is 10.2. The molecule has 0 aliphatic rings. The highest BCUT2D eigenvalue weighted by Gasteiger charge is 2.35. The summed E-state index contributed by atoms with van der Waals surface area (Å²) in [5.74, 6) is -0.339. The van der Waals surface area contributed by atoms with Crippen molar-refractivity contribution in [2.45, 2.75) is 19.2 Å². The predicted molar refractivity (Wildman–Crippen MR) is 125 cm³/mol. The Morgan fingerprint density at radius 3 is 2.31 bits per heavy atom. The first-order valence-corrected chi connectivity index (χ1v) is 10.8. The van der Waals surface area contributed by atoms with Crippen LogP contribution in [0.2, 0.25) is 5.02 Å². The van der Waals surface area contributed by atoms with Crippen LogP contribution in [0.3, 0.4) is 0 Å². The first-order chi connectivity index (χ1) is 16.3. The molecule has 2 unspecified atom stereocenters. The Morgan fingerprint density at radius 1 is 1.09 bits per heavy atom. The number of halogens is 4. The van der Waals surface area contributed by atoms with Crippen LogP contribution in [-0.4, -0.2) is 28.3 Å². The summed E-state index contributed by atoms with van der Waals surface area (Å²) in [7, 11) is 4.39. The number of methoxy groups -OCH3 is 1. The van der Waals surface area contributed by atoms with Gasteiger partial charge in [-0.05, 0) is 30.4 Å². The van der Waals surface area contributed by atoms with Crippen LogP contribution in [0, 0.1) is 0 Å². The second-order valence-corrected chi connectivity index (χ2v) is 8.25. The molecular weight excluding hydrogens is 512 g/mol. The maximum atomic E-state index is 13.2. The number of ether oxygens (including phenoxy) is 3. The van der Waals surface area contributed by atoms with Gasteiger partial charge < -0.3 is 14.2 Å². The zero-order valence-electron chi connectivity index (χ0n) is 18.6. The van der Waals surface area contributed by atoms with Crippen LogP contribution in [0.15, 0.2) is 52.1 Å². The quantitative estimate of drug-likeness (QED) is 0.358. The van der Waals surface area contributed by atoms with Crippen LogP contribution in [0.25, 0.3) is 5.69 Å². The number of aromatic nitrogens is 2. The number of para-hydroxylation sites is 2. The van der Waals surface area contributed by atoms with Crippen LogP contribution >= 0.6 is 20.8 Å². The first-order valence-electron chi connectivity index (χ1n) is 9.86. The second kappa shape index (κ2) is 10.1. The van der Waals surface area contributed by atoms with Crippen LogP contribution in [0.1, 0.15) is 12.6 Å². The largest absolute Gasteiger partial charge is 0.475 e. The third-order valence-corrected chi connectivity index (χ3v) is 5.60. The average Bonchev–Trinajstić information content (AvgIpc) is 2.78. The summed E-state index contributed by atoms with van der Waals surface area (Å²) in [5, 5.41) is 0.330. The van der Waals surface area contributed by atoms with Gasteiger partial charge in [0.25, 0.3) is 5.56 Å². The van der Waals surface area contributed by atoms with Crippen molar-refractivity contribution in [3.05, 3.63) is 74.0 Å². The molecule has 2 atom stereocenters. The molecule has 0 radical (unpaired) electrons. The van der Waals surface area contributed by atoms with Crippen molar-refractivity contribution >= 4 is 32.1 Å². The monoisotopic (exact) mass is 530 g/mol. The number of carbonyl (C=O) groups is 1. The van der Waals surface area contributed by atoms with Gasteiger partial charge in [0.05, 0.1) is 17.8 Å². The molecule has 3 aromatic rings. The molecule has 0 N–H and O–H groups in total. The molecule has 13 heteroatoms. The fourth-order valence-electron chi connectivity index (χ4n) is 3.10. The number of benzene rings is 2. The van der Waals surface area contributed by atoms with E-state index in [1.54, 1.807) is 12.1 Å². The zero-order valence-corrected chi connectivity index (χ0v) is 20.5. The molecule has 186 valence electrons. The van der Waals surface area contributed by atoms with Gasteiger partial charge in [-0.1, -0.05) is 23.7 Å². The summed E-state index contributed by atoms with van der Waals surface area (Å²) in [4.78, 5) is 37.0. The molecular formula is C22H19ClF3N2O6P. The summed E-state index contributed by atoms with van der Waals surface area (Å²) in [6.45, 7) is 1.48. The highest BCUT2D eigenvalue weighted by Crippen LogP contribution is 2.36. The maximum Gasteiger partial charge on any atom is 0.431 e. The summed E-state index contributed by atoms with van der Waals surface area (Å²) in [5.41, 5.74) is -3.84. The first kappa shape index (κ1) is 26.3. The van der Waals surface area contributed by atoms with E-state index in [0.29, 0.717) is 15.2 Å². The van der Waals surface area contributed by atoms with E-state index in [9.17, 15) is 27.6 Å². The highest BCUT2D eigenvalue weighted by atomic mass is 35.5. The minimum Gasteiger partial charge on any atom is -0.475 e. The molecule has 0 aliphatic carbocycles. The van der Waals surface area contributed by atoms with Crippen molar-refractivity contribution in [1.29, 1.82) is 0 Å². The second-order valence-electron chi connectivity index (χ2n) is 7.22. The molecule has 0 saturated heterocycles. The van der Waals surface area contributed by atoms with Gasteiger partial charge in [-0.2, -0.15) is 13.2 Å². The van der Waals surface area contributed by atoms with Gasteiger partial charge in [-0.25, -0.2) is 14.2 Å². The van der Waals surface area contributed by atoms with Gasteiger partial charge in [0.1, 0.15) is 11.4 Å². The molecule has 1 heterocycles. The van der Waals surface area contributed by atoms with Gasteiger partial charge in [-0.3, -0.25) is 9.36 Å². The van der Waals surface area contributed by atoms with Crippen molar-refractivity contribution < 1.29 is 32.2 Å². The molecule has 1 aromatic heterocycles. The van der Waals surface area contributed by atoms with Gasteiger partial charge in [0, 0.05) is 19.2 Å². The number of rotatable bonds is 6. The molecule has 0 fully saturated rings. The number of nitrogens with zero attached hydrogens (tertiary/aromatic N) is 2. The summed E-state index contributed by atoms with van der Waals surface area (Å²) < 4.78 is 56.5. The minimum absolute atomic E-state index is 0.0245. The normalized spacial score (nSPS) is 12.2. The molecule has 0 aliphatic heterocycles. The average molecular weight is 531 g/mol. The lowest BCUT2D eigenvalue weighted by molar-refractivity contribution is -0.148. The SMILES string of the molecule is COC(=O)C(C)Oc1ccccc1Oc1cc(-n2c(=O)cc(C(F)(F)F)n(C)c2=O)c(P)cc1Cl. The van der Waals surface area contributed by atoms with E-state index in [4.69, 9.17) is 21.1 Å². The van der Waals surface area contributed by atoms with Gasteiger partial charge >= 0.3 is 17.8 Å². The lowest BCUT2D eigenvalue weighted by Gasteiger charge is -2.18. The Morgan fingerprint density at radius 2 is 1.71 bits per heavy atom. The smallest absolute Gasteiger partial charge is 0.431 e. The molecule has 0 saturated carbocycles. The van der Waals surface area contributed by atoms with E-state index < -0.39 is 35.2 Å². The van der Waals surface area contributed by atoms with Gasteiger partial charge in [-0.15, -0.1) is 9.24 Å². The van der Waals surface area contributed by atoms with E-state index >= 15 is 0 Å². The summed E-state index contributed by atoms with van der Waals surface area (Å²) in [6.07, 6.45) is -5.85. The number of esters is 1. The Bertz CT molecular complexity index is 1400. The van der Waals surface area contributed by atoms with Crippen LogP contribution < -0.4 is 26.0 Å². The molecule has 0 bridgehead atoms. The topological polar surface area (TPSA) is 88.8 Å². The molecule has 3 rings (SSSR count). The van der Waals surface area contributed by atoms with Crippen LogP contribution in [0.5, 0.6) is 17.2 Å². The molecule has 2 aromatic carbocycles. The third kappa shape index (κ3) is 5.52. The third-order valence-electron chi connectivity index (χ3n) is 4.84. The van der Waals surface area contributed by atoms with Crippen molar-refractivity contribution in [2.24, 2.45) is 7.05 Å². The summed E-state index contributed by atoms with van der Waals surface area (Å²) >= 11 is 6.29. The Hall–Kier alpha value is -3.30. The van der Waals surface area contributed by atoms with Crippen LogP contribution in [0.4, 0.5) is 13.2 Å². The van der Waals surface area contributed by atoms with Gasteiger partial charge in [0.15, 0.2) is 17.6 Å². The van der Waals surface area contributed by atoms with Crippen molar-refractivity contribution in [1.82, 2.24) is 9.13 Å². The number of alkyl halides is 3. The van der Waals surface area contributed by atoms with E-state index in [2.05, 4.69) is 14.0 Å². The Kier molecular flexibility index (Phi) is 7.62. The fraction of sp³-hybridized carbons (Fsp3) is 0.227. The van der Waals surface area contributed by atoms with Crippen LogP contribution in [-0.2, 0) is 22.8 Å². The minimum atomic E-state index is -4.89. The number of hydrogen-bond donors (Lipinski definition) is 0. The number of hydrogen-bond acceptors (Lipinski definition) is 6. The fourth-order valence-corrected chi connectivity index (χ4v) is 3.80. The van der Waals surface area contributed by atoms with Crippen molar-refractivity contribution in [2.75, 3.05) is 7.11 Å².